The summed E-state index contributed by atoms with van der Waals surface area (Å²) in [4.78, 5) is 4.31. The van der Waals surface area contributed by atoms with E-state index < -0.39 is 0 Å². The number of rotatable bonds is 4. The molecule has 3 aromatic rings. The first kappa shape index (κ1) is 13.2. The number of aryl methyl sites for hydroxylation is 1. The highest BCUT2D eigenvalue weighted by molar-refractivity contribution is 9.10. The van der Waals surface area contributed by atoms with Gasteiger partial charge in [-0.1, -0.05) is 28.1 Å². The number of benzene rings is 2. The number of ether oxygens (including phenoxy) is 1. The fourth-order valence-electron chi connectivity index (χ4n) is 2.20. The van der Waals surface area contributed by atoms with Gasteiger partial charge < -0.3 is 9.30 Å². The molecule has 20 heavy (non-hydrogen) atoms. The maximum Gasteiger partial charge on any atom is 0.146 e. The second-order valence-corrected chi connectivity index (χ2v) is 5.49. The molecule has 0 amide bonds. The molecule has 4 heteroatoms. The maximum absolute atomic E-state index is 5.84. The highest BCUT2D eigenvalue weighted by atomic mass is 79.9. The molecule has 3 nitrogen and oxygen atoms in total. The molecule has 0 saturated heterocycles. The summed E-state index contributed by atoms with van der Waals surface area (Å²) in [7, 11) is 0. The first-order valence-electron chi connectivity index (χ1n) is 6.58. The number of halogens is 1. The van der Waals surface area contributed by atoms with E-state index in [4.69, 9.17) is 4.74 Å². The standard InChI is InChI=1S/C16H15BrN2O/c1-2-19-8-7-18-16(19)11-20-15-6-4-12-9-14(17)5-3-13(12)10-15/h3-10H,2,11H2,1H3. The van der Waals surface area contributed by atoms with Crippen molar-refractivity contribution in [2.45, 2.75) is 20.1 Å². The van der Waals surface area contributed by atoms with Crippen molar-refractivity contribution < 1.29 is 4.74 Å². The van der Waals surface area contributed by atoms with Gasteiger partial charge in [0.15, 0.2) is 0 Å². The summed E-state index contributed by atoms with van der Waals surface area (Å²) < 4.78 is 9.00. The lowest BCUT2D eigenvalue weighted by atomic mass is 10.1. The van der Waals surface area contributed by atoms with Crippen LogP contribution in [0.3, 0.4) is 0 Å². The zero-order valence-electron chi connectivity index (χ0n) is 11.2. The summed E-state index contributed by atoms with van der Waals surface area (Å²) in [6, 6.07) is 12.3. The summed E-state index contributed by atoms with van der Waals surface area (Å²) in [5, 5.41) is 2.37. The average molecular weight is 331 g/mol. The Balaban J connectivity index is 1.79. The third-order valence-electron chi connectivity index (χ3n) is 3.28. The lowest BCUT2D eigenvalue weighted by molar-refractivity contribution is 0.290. The van der Waals surface area contributed by atoms with Gasteiger partial charge in [0.05, 0.1) is 0 Å². The van der Waals surface area contributed by atoms with Gasteiger partial charge in [-0.05, 0) is 42.0 Å². The van der Waals surface area contributed by atoms with Gasteiger partial charge in [0, 0.05) is 23.4 Å². The molecule has 1 aromatic heterocycles. The molecule has 0 atom stereocenters. The highest BCUT2D eigenvalue weighted by Crippen LogP contribution is 2.24. The largest absolute Gasteiger partial charge is 0.486 e. The van der Waals surface area contributed by atoms with E-state index in [2.05, 4.69) is 56.7 Å². The third-order valence-corrected chi connectivity index (χ3v) is 3.78. The predicted octanol–water partition coefficient (Wildman–Crippen LogP) is 4.40. The lowest BCUT2D eigenvalue weighted by Gasteiger charge is -2.08. The Kier molecular flexibility index (Phi) is 3.74. The zero-order chi connectivity index (χ0) is 13.9. The van der Waals surface area contributed by atoms with Crippen LogP contribution < -0.4 is 4.74 Å². The first-order valence-corrected chi connectivity index (χ1v) is 7.37. The van der Waals surface area contributed by atoms with Crippen LogP contribution in [-0.2, 0) is 13.2 Å². The molecule has 102 valence electrons. The Morgan fingerprint density at radius 3 is 2.80 bits per heavy atom. The molecule has 0 aliphatic carbocycles. The molecule has 0 saturated carbocycles. The van der Waals surface area contributed by atoms with Crippen molar-refractivity contribution >= 4 is 26.7 Å². The number of hydrogen-bond donors (Lipinski definition) is 0. The van der Waals surface area contributed by atoms with E-state index >= 15 is 0 Å². The van der Waals surface area contributed by atoms with Gasteiger partial charge in [-0.25, -0.2) is 4.98 Å². The van der Waals surface area contributed by atoms with Crippen molar-refractivity contribution in [1.29, 1.82) is 0 Å². The molecular weight excluding hydrogens is 316 g/mol. The second kappa shape index (κ2) is 5.67. The third kappa shape index (κ3) is 2.70. The van der Waals surface area contributed by atoms with Crippen LogP contribution >= 0.6 is 15.9 Å². The zero-order valence-corrected chi connectivity index (χ0v) is 12.8. The molecule has 0 spiro atoms. The second-order valence-electron chi connectivity index (χ2n) is 4.57. The quantitative estimate of drug-likeness (QED) is 0.709. The summed E-state index contributed by atoms with van der Waals surface area (Å²) in [5.74, 6) is 1.81. The van der Waals surface area contributed by atoms with Gasteiger partial charge in [-0.15, -0.1) is 0 Å². The van der Waals surface area contributed by atoms with E-state index in [0.29, 0.717) is 6.61 Å². The van der Waals surface area contributed by atoms with Gasteiger partial charge in [-0.3, -0.25) is 0 Å². The SMILES string of the molecule is CCn1ccnc1COc1ccc2cc(Br)ccc2c1. The van der Waals surface area contributed by atoms with E-state index in [9.17, 15) is 0 Å². The minimum Gasteiger partial charge on any atom is -0.486 e. The van der Waals surface area contributed by atoms with E-state index in [1.807, 2.05) is 18.3 Å². The van der Waals surface area contributed by atoms with E-state index in [1.165, 1.54) is 10.8 Å². The molecule has 0 bridgehead atoms. The molecule has 1 heterocycles. The van der Waals surface area contributed by atoms with E-state index in [1.54, 1.807) is 6.20 Å². The van der Waals surface area contributed by atoms with Gasteiger partial charge in [0.25, 0.3) is 0 Å². The van der Waals surface area contributed by atoms with Crippen LogP contribution in [0.4, 0.5) is 0 Å². The fourth-order valence-corrected chi connectivity index (χ4v) is 2.58. The van der Waals surface area contributed by atoms with Crippen molar-refractivity contribution in [3.05, 3.63) is 59.1 Å². The van der Waals surface area contributed by atoms with Crippen molar-refractivity contribution in [1.82, 2.24) is 9.55 Å². The predicted molar refractivity (Wildman–Crippen MR) is 83.9 cm³/mol. The number of aromatic nitrogens is 2. The molecule has 2 aromatic carbocycles. The Labute approximate surface area is 126 Å². The van der Waals surface area contributed by atoms with Crippen molar-refractivity contribution in [2.75, 3.05) is 0 Å². The molecule has 3 rings (SSSR count). The Hall–Kier alpha value is -1.81. The van der Waals surface area contributed by atoms with Gasteiger partial charge in [0.2, 0.25) is 0 Å². The monoisotopic (exact) mass is 330 g/mol. The lowest BCUT2D eigenvalue weighted by Crippen LogP contribution is -2.05. The van der Waals surface area contributed by atoms with Crippen LogP contribution in [0.2, 0.25) is 0 Å². The summed E-state index contributed by atoms with van der Waals surface area (Å²) in [6.45, 7) is 3.49. The molecule has 0 fully saturated rings. The average Bonchev–Trinajstić information content (AvgIpc) is 2.92. The molecule has 0 N–H and O–H groups in total. The van der Waals surface area contributed by atoms with Crippen molar-refractivity contribution in [3.8, 4) is 5.75 Å². The molecular formula is C16H15BrN2O. The number of fused-ring (bicyclic) bond motifs is 1. The molecule has 0 aliphatic rings. The molecule has 0 radical (unpaired) electrons. The molecule has 0 unspecified atom stereocenters. The summed E-state index contributed by atoms with van der Waals surface area (Å²) >= 11 is 3.48. The minimum absolute atomic E-state index is 0.489. The Morgan fingerprint density at radius 2 is 1.95 bits per heavy atom. The van der Waals surface area contributed by atoms with Gasteiger partial charge >= 0.3 is 0 Å². The van der Waals surface area contributed by atoms with Gasteiger partial charge in [0.1, 0.15) is 18.2 Å². The van der Waals surface area contributed by atoms with Crippen LogP contribution in [-0.4, -0.2) is 9.55 Å². The fraction of sp³-hybridized carbons (Fsp3) is 0.188. The van der Waals surface area contributed by atoms with Crippen molar-refractivity contribution in [2.24, 2.45) is 0 Å². The van der Waals surface area contributed by atoms with Crippen LogP contribution in [0.15, 0.2) is 53.3 Å². The van der Waals surface area contributed by atoms with Crippen LogP contribution in [0.1, 0.15) is 12.7 Å². The molecule has 0 aliphatic heterocycles. The Bertz CT molecular complexity index is 736. The van der Waals surface area contributed by atoms with E-state index in [-0.39, 0.29) is 0 Å². The first-order chi connectivity index (χ1) is 9.76. The van der Waals surface area contributed by atoms with Crippen LogP contribution in [0, 0.1) is 0 Å². The van der Waals surface area contributed by atoms with E-state index in [0.717, 1.165) is 22.6 Å². The smallest absolute Gasteiger partial charge is 0.146 e. The van der Waals surface area contributed by atoms with Crippen LogP contribution in [0.5, 0.6) is 5.75 Å². The van der Waals surface area contributed by atoms with Crippen molar-refractivity contribution in [3.63, 3.8) is 0 Å². The highest BCUT2D eigenvalue weighted by Gasteiger charge is 2.03. The minimum atomic E-state index is 0.489. The maximum atomic E-state index is 5.84. The summed E-state index contributed by atoms with van der Waals surface area (Å²) in [5.41, 5.74) is 0. The topological polar surface area (TPSA) is 27.1 Å². The number of nitrogens with zero attached hydrogens (tertiary/aromatic N) is 2. The Morgan fingerprint density at radius 1 is 1.15 bits per heavy atom. The number of hydrogen-bond acceptors (Lipinski definition) is 2. The van der Waals surface area contributed by atoms with Gasteiger partial charge in [-0.2, -0.15) is 0 Å². The summed E-state index contributed by atoms with van der Waals surface area (Å²) in [6.07, 6.45) is 3.77. The van der Waals surface area contributed by atoms with Crippen LogP contribution in [0.25, 0.3) is 10.8 Å². The number of imidazole rings is 1. The normalized spacial score (nSPS) is 10.9.